The van der Waals surface area contributed by atoms with Crippen molar-refractivity contribution < 1.29 is 9.53 Å². The molecule has 1 aliphatic heterocycles. The molecule has 0 aliphatic carbocycles. The smallest absolute Gasteiger partial charge is 0.257 e. The molecule has 1 aromatic carbocycles. The van der Waals surface area contributed by atoms with Crippen LogP contribution in [0, 0.1) is 13.8 Å². The molecule has 134 valence electrons. The van der Waals surface area contributed by atoms with Gasteiger partial charge in [0.05, 0.1) is 0 Å². The van der Waals surface area contributed by atoms with E-state index in [1.807, 2.05) is 26.0 Å². The van der Waals surface area contributed by atoms with Crippen LogP contribution < -0.4 is 10.1 Å². The van der Waals surface area contributed by atoms with Crippen molar-refractivity contribution in [2.45, 2.75) is 20.3 Å². The molecule has 0 spiro atoms. The minimum absolute atomic E-state index is 0.0633. The quantitative estimate of drug-likeness (QED) is 0.716. The number of aryl methyl sites for hydroxylation is 2. The maximum atomic E-state index is 11.9. The fourth-order valence-corrected chi connectivity index (χ4v) is 3.02. The first-order chi connectivity index (χ1) is 11.5. The van der Waals surface area contributed by atoms with Crippen LogP contribution in [0.4, 0.5) is 0 Å². The highest BCUT2D eigenvalue weighted by Gasteiger charge is 2.13. The minimum Gasteiger partial charge on any atom is -0.484 e. The first-order valence-corrected chi connectivity index (χ1v) is 9.32. The normalized spacial score (nSPS) is 16.2. The van der Waals surface area contributed by atoms with Crippen LogP contribution in [-0.4, -0.2) is 68.6 Å². The number of rotatable bonds is 7. The summed E-state index contributed by atoms with van der Waals surface area (Å²) < 4.78 is 6.68. The minimum atomic E-state index is -0.0633. The third kappa shape index (κ3) is 6.07. The summed E-state index contributed by atoms with van der Waals surface area (Å²) in [5, 5.41) is 2.93. The van der Waals surface area contributed by atoms with E-state index in [1.165, 1.54) is 0 Å². The van der Waals surface area contributed by atoms with Crippen molar-refractivity contribution in [1.29, 1.82) is 0 Å². The lowest BCUT2D eigenvalue weighted by Gasteiger charge is -2.32. The summed E-state index contributed by atoms with van der Waals surface area (Å²) >= 11 is 3.53. The summed E-state index contributed by atoms with van der Waals surface area (Å²) in [5.41, 5.74) is 2.22. The zero-order valence-electron chi connectivity index (χ0n) is 14.9. The molecule has 0 saturated carbocycles. The highest BCUT2D eigenvalue weighted by atomic mass is 79.9. The van der Waals surface area contributed by atoms with Crippen LogP contribution >= 0.6 is 15.9 Å². The van der Waals surface area contributed by atoms with Crippen molar-refractivity contribution >= 4 is 21.8 Å². The summed E-state index contributed by atoms with van der Waals surface area (Å²) in [6.07, 6.45) is 0.978. The Balaban J connectivity index is 1.61. The highest BCUT2D eigenvalue weighted by molar-refractivity contribution is 9.10. The number of halogens is 1. The van der Waals surface area contributed by atoms with Crippen LogP contribution in [-0.2, 0) is 4.79 Å². The van der Waals surface area contributed by atoms with Crippen LogP contribution in [0.25, 0.3) is 0 Å². The van der Waals surface area contributed by atoms with E-state index < -0.39 is 0 Å². The molecule has 1 heterocycles. The standard InChI is InChI=1S/C18H28BrN3O2/c1-14-11-16(12-15(2)18(14)19)24-13-17(23)20-5-4-6-22-9-7-21(3)8-10-22/h11-12H,4-10,13H2,1-3H3,(H,20,23). The van der Waals surface area contributed by atoms with E-state index in [4.69, 9.17) is 4.74 Å². The van der Waals surface area contributed by atoms with Crippen molar-refractivity contribution in [3.8, 4) is 5.75 Å². The fraction of sp³-hybridized carbons (Fsp3) is 0.611. The third-order valence-corrected chi connectivity index (χ3v) is 5.60. The number of carbonyl (C=O) groups is 1. The summed E-state index contributed by atoms with van der Waals surface area (Å²) in [6.45, 7) is 10.3. The maximum absolute atomic E-state index is 11.9. The van der Waals surface area contributed by atoms with Crippen LogP contribution in [0.5, 0.6) is 5.75 Å². The van der Waals surface area contributed by atoms with E-state index in [0.717, 1.165) is 60.5 Å². The molecule has 24 heavy (non-hydrogen) atoms. The molecule has 0 radical (unpaired) electrons. The van der Waals surface area contributed by atoms with Crippen LogP contribution in [0.2, 0.25) is 0 Å². The molecule has 1 saturated heterocycles. The van der Waals surface area contributed by atoms with Gasteiger partial charge in [0.1, 0.15) is 5.75 Å². The van der Waals surface area contributed by atoms with Crippen molar-refractivity contribution in [3.63, 3.8) is 0 Å². The third-order valence-electron chi connectivity index (χ3n) is 4.35. The van der Waals surface area contributed by atoms with Gasteiger partial charge in [-0.25, -0.2) is 0 Å². The Bertz CT molecular complexity index is 534. The molecule has 0 bridgehead atoms. The Hall–Kier alpha value is -1.11. The van der Waals surface area contributed by atoms with Crippen LogP contribution in [0.3, 0.4) is 0 Å². The van der Waals surface area contributed by atoms with E-state index in [9.17, 15) is 4.79 Å². The Morgan fingerprint density at radius 2 is 1.83 bits per heavy atom. The van der Waals surface area contributed by atoms with Gasteiger partial charge in [-0.05, 0) is 57.1 Å². The molecule has 1 aromatic rings. The number of nitrogens with one attached hydrogen (secondary N) is 1. The number of amides is 1. The Labute approximate surface area is 153 Å². The van der Waals surface area contributed by atoms with Crippen molar-refractivity contribution in [3.05, 3.63) is 27.7 Å². The molecule has 1 aliphatic rings. The van der Waals surface area contributed by atoms with Gasteiger partial charge >= 0.3 is 0 Å². The lowest BCUT2D eigenvalue weighted by atomic mass is 10.1. The fourth-order valence-electron chi connectivity index (χ4n) is 2.79. The maximum Gasteiger partial charge on any atom is 0.257 e. The van der Waals surface area contributed by atoms with Gasteiger partial charge < -0.3 is 19.9 Å². The number of likely N-dealkylation sites (N-methyl/N-ethyl adjacent to an activating group) is 1. The molecule has 6 heteroatoms. The summed E-state index contributed by atoms with van der Waals surface area (Å²) in [5.74, 6) is 0.674. The Kier molecular flexibility index (Phi) is 7.52. The van der Waals surface area contributed by atoms with Gasteiger partial charge in [0.2, 0.25) is 0 Å². The van der Waals surface area contributed by atoms with Gasteiger partial charge in [-0.3, -0.25) is 4.79 Å². The molecule has 0 unspecified atom stereocenters. The van der Waals surface area contributed by atoms with Crippen LogP contribution in [0.1, 0.15) is 17.5 Å². The molecular weight excluding hydrogens is 370 g/mol. The summed E-state index contributed by atoms with van der Waals surface area (Å²) in [7, 11) is 2.16. The van der Waals surface area contributed by atoms with Crippen LogP contribution in [0.15, 0.2) is 16.6 Å². The largest absolute Gasteiger partial charge is 0.484 e. The monoisotopic (exact) mass is 397 g/mol. The number of nitrogens with zero attached hydrogens (tertiary/aromatic N) is 2. The second kappa shape index (κ2) is 9.39. The van der Waals surface area contributed by atoms with Crippen molar-refractivity contribution in [1.82, 2.24) is 15.1 Å². The van der Waals surface area contributed by atoms with E-state index in [2.05, 4.69) is 38.1 Å². The number of hydrogen-bond donors (Lipinski definition) is 1. The number of benzene rings is 1. The van der Waals surface area contributed by atoms with Gasteiger partial charge in [-0.1, -0.05) is 15.9 Å². The highest BCUT2D eigenvalue weighted by Crippen LogP contribution is 2.26. The van der Waals surface area contributed by atoms with E-state index in [-0.39, 0.29) is 12.5 Å². The Morgan fingerprint density at radius 3 is 2.46 bits per heavy atom. The zero-order valence-corrected chi connectivity index (χ0v) is 16.5. The molecule has 2 rings (SSSR count). The van der Waals surface area contributed by atoms with Gasteiger partial charge in [0.15, 0.2) is 6.61 Å². The average molecular weight is 398 g/mol. The number of piperazine rings is 1. The molecular formula is C18H28BrN3O2. The van der Waals surface area contributed by atoms with E-state index in [0.29, 0.717) is 6.54 Å². The van der Waals surface area contributed by atoms with Gasteiger partial charge in [0, 0.05) is 37.2 Å². The predicted molar refractivity (Wildman–Crippen MR) is 101 cm³/mol. The SMILES string of the molecule is Cc1cc(OCC(=O)NCCCN2CCN(C)CC2)cc(C)c1Br. The zero-order chi connectivity index (χ0) is 17.5. The topological polar surface area (TPSA) is 44.8 Å². The first kappa shape index (κ1) is 19.2. The lowest BCUT2D eigenvalue weighted by molar-refractivity contribution is -0.123. The van der Waals surface area contributed by atoms with E-state index >= 15 is 0 Å². The molecule has 0 aromatic heterocycles. The van der Waals surface area contributed by atoms with Gasteiger partial charge in [0.25, 0.3) is 5.91 Å². The summed E-state index contributed by atoms with van der Waals surface area (Å²) in [4.78, 5) is 16.7. The molecule has 1 amide bonds. The van der Waals surface area contributed by atoms with E-state index in [1.54, 1.807) is 0 Å². The molecule has 1 fully saturated rings. The number of hydrogen-bond acceptors (Lipinski definition) is 4. The number of carbonyl (C=O) groups excluding carboxylic acids is 1. The van der Waals surface area contributed by atoms with Crippen molar-refractivity contribution in [2.24, 2.45) is 0 Å². The predicted octanol–water partition coefficient (Wildman–Crippen LogP) is 2.20. The van der Waals surface area contributed by atoms with Gasteiger partial charge in [-0.2, -0.15) is 0 Å². The summed E-state index contributed by atoms with van der Waals surface area (Å²) in [6, 6.07) is 3.88. The second-order valence-corrected chi connectivity index (χ2v) is 7.30. The molecule has 1 N–H and O–H groups in total. The molecule has 5 nitrogen and oxygen atoms in total. The Morgan fingerprint density at radius 1 is 1.21 bits per heavy atom. The van der Waals surface area contributed by atoms with Crippen molar-refractivity contribution in [2.75, 3.05) is 52.9 Å². The first-order valence-electron chi connectivity index (χ1n) is 8.53. The molecule has 0 atom stereocenters. The average Bonchev–Trinajstić information content (AvgIpc) is 2.56. The number of ether oxygens (including phenoxy) is 1. The van der Waals surface area contributed by atoms with Gasteiger partial charge in [-0.15, -0.1) is 0 Å². The lowest BCUT2D eigenvalue weighted by Crippen LogP contribution is -2.45. The second-order valence-electron chi connectivity index (χ2n) is 6.51.